The van der Waals surface area contributed by atoms with Gasteiger partial charge in [0.05, 0.1) is 17.5 Å². The molecule has 0 spiro atoms. The molecule has 0 radical (unpaired) electrons. The fourth-order valence-electron chi connectivity index (χ4n) is 4.01. The number of amides is 1. The molecule has 30 heavy (non-hydrogen) atoms. The largest absolute Gasteiger partial charge is 0.454 e. The summed E-state index contributed by atoms with van der Waals surface area (Å²) < 4.78 is 45.2. The molecule has 2 aromatic carbocycles. The van der Waals surface area contributed by atoms with Gasteiger partial charge in [-0.3, -0.25) is 9.69 Å². The summed E-state index contributed by atoms with van der Waals surface area (Å²) in [6.07, 6.45) is 2.06. The highest BCUT2D eigenvalue weighted by Crippen LogP contribution is 2.27. The number of nitrogens with zero attached hydrogens (tertiary/aromatic N) is 1. The van der Waals surface area contributed by atoms with Gasteiger partial charge < -0.3 is 10.1 Å². The van der Waals surface area contributed by atoms with Crippen molar-refractivity contribution >= 4 is 31.7 Å². The van der Waals surface area contributed by atoms with E-state index in [-0.39, 0.29) is 28.9 Å². The molecule has 2 aliphatic heterocycles. The third-order valence-electron chi connectivity index (χ3n) is 5.48. The van der Waals surface area contributed by atoms with E-state index in [0.29, 0.717) is 5.75 Å². The van der Waals surface area contributed by atoms with Crippen LogP contribution in [0.15, 0.2) is 46.9 Å². The van der Waals surface area contributed by atoms with Gasteiger partial charge in [0, 0.05) is 16.1 Å². The van der Waals surface area contributed by atoms with Gasteiger partial charge >= 0.3 is 0 Å². The summed E-state index contributed by atoms with van der Waals surface area (Å²) in [5, 5.41) is 2.81. The van der Waals surface area contributed by atoms with Gasteiger partial charge in [-0.05, 0) is 68.4 Å². The Labute approximate surface area is 183 Å². The molecule has 2 saturated heterocycles. The first-order valence-electron chi connectivity index (χ1n) is 9.79. The molecule has 2 aromatic rings. The molecule has 2 fully saturated rings. The number of nitrogens with one attached hydrogen (secondary N) is 1. The van der Waals surface area contributed by atoms with Crippen molar-refractivity contribution < 1.29 is 22.3 Å². The monoisotopic (exact) mass is 496 g/mol. The first-order chi connectivity index (χ1) is 14.3. The summed E-state index contributed by atoms with van der Waals surface area (Å²) in [4.78, 5) is 14.8. The van der Waals surface area contributed by atoms with Crippen LogP contribution < -0.4 is 10.1 Å². The van der Waals surface area contributed by atoms with Crippen LogP contribution in [0.25, 0.3) is 0 Å². The smallest absolute Gasteiger partial charge is 0.251 e. The van der Waals surface area contributed by atoms with Gasteiger partial charge in [-0.15, -0.1) is 0 Å². The molecule has 2 atom stereocenters. The molecule has 0 aliphatic carbocycles. The molecule has 1 amide bonds. The van der Waals surface area contributed by atoms with Crippen molar-refractivity contribution in [2.24, 2.45) is 0 Å². The molecule has 4 rings (SSSR count). The number of carbonyl (C=O) groups is 1. The van der Waals surface area contributed by atoms with Crippen LogP contribution in [0.1, 0.15) is 23.2 Å². The lowest BCUT2D eigenvalue weighted by Crippen LogP contribution is -2.50. The second kappa shape index (κ2) is 8.64. The van der Waals surface area contributed by atoms with Crippen LogP contribution in [-0.2, 0) is 9.84 Å². The predicted molar refractivity (Wildman–Crippen MR) is 115 cm³/mol. The first-order valence-corrected chi connectivity index (χ1v) is 12.4. The van der Waals surface area contributed by atoms with Crippen molar-refractivity contribution in [1.29, 1.82) is 0 Å². The number of halogens is 2. The van der Waals surface area contributed by atoms with Gasteiger partial charge in [0.25, 0.3) is 5.91 Å². The van der Waals surface area contributed by atoms with Crippen molar-refractivity contribution in [2.75, 3.05) is 24.6 Å². The fraction of sp³-hybridized carbons (Fsp3) is 0.381. The zero-order valence-electron chi connectivity index (χ0n) is 16.2. The molecule has 2 heterocycles. The Hall–Kier alpha value is -1.97. The third-order valence-corrected chi connectivity index (χ3v) is 7.73. The van der Waals surface area contributed by atoms with E-state index in [1.165, 1.54) is 12.1 Å². The minimum absolute atomic E-state index is 0.00672. The van der Waals surface area contributed by atoms with Crippen LogP contribution in [0.4, 0.5) is 4.39 Å². The number of ether oxygens (including phenoxy) is 1. The molecule has 1 N–H and O–H groups in total. The topological polar surface area (TPSA) is 75.7 Å². The lowest BCUT2D eigenvalue weighted by Gasteiger charge is -2.28. The van der Waals surface area contributed by atoms with Crippen molar-refractivity contribution in [2.45, 2.75) is 24.9 Å². The Bertz CT molecular complexity index is 1040. The van der Waals surface area contributed by atoms with E-state index >= 15 is 0 Å². The van der Waals surface area contributed by atoms with E-state index in [1.807, 2.05) is 0 Å². The molecular formula is C21H22BrFN2O4S. The maximum Gasteiger partial charge on any atom is 0.251 e. The van der Waals surface area contributed by atoms with E-state index < -0.39 is 27.6 Å². The molecule has 6 nitrogen and oxygen atoms in total. The molecule has 160 valence electrons. The van der Waals surface area contributed by atoms with Crippen LogP contribution in [0, 0.1) is 5.82 Å². The standard InChI is InChI=1S/C21H22BrFN2O4S/c22-15-4-6-16(7-5-15)29-20-8-3-14(11-17(20)23)21(26)24-18-12-30(27,28)13-19(18)25-9-1-2-10-25/h3-8,11,18-19H,1-2,9-10,12-13H2,(H,24,26). The highest BCUT2D eigenvalue weighted by atomic mass is 79.9. The summed E-state index contributed by atoms with van der Waals surface area (Å²) >= 11 is 3.32. The number of likely N-dealkylation sites (tertiary alicyclic amines) is 1. The molecule has 0 saturated carbocycles. The first kappa shape index (κ1) is 21.3. The summed E-state index contributed by atoms with van der Waals surface area (Å²) in [5.74, 6) is -0.721. The fourth-order valence-corrected chi connectivity index (χ4v) is 6.22. The van der Waals surface area contributed by atoms with Crippen molar-refractivity contribution in [3.63, 3.8) is 0 Å². The predicted octanol–water partition coefficient (Wildman–Crippen LogP) is 3.37. The van der Waals surface area contributed by atoms with Gasteiger partial charge in [0.15, 0.2) is 21.4 Å². The second-order valence-corrected chi connectivity index (χ2v) is 10.7. The van der Waals surface area contributed by atoms with E-state index in [1.54, 1.807) is 24.3 Å². The van der Waals surface area contributed by atoms with Crippen LogP contribution in [0.2, 0.25) is 0 Å². The summed E-state index contributed by atoms with van der Waals surface area (Å²) in [6, 6.07) is 10.2. The zero-order valence-corrected chi connectivity index (χ0v) is 18.6. The summed E-state index contributed by atoms with van der Waals surface area (Å²) in [6.45, 7) is 1.67. The maximum absolute atomic E-state index is 14.5. The van der Waals surface area contributed by atoms with Crippen LogP contribution >= 0.6 is 15.9 Å². The van der Waals surface area contributed by atoms with Gasteiger partial charge in [-0.1, -0.05) is 15.9 Å². The Balaban J connectivity index is 1.46. The molecule has 2 aliphatic rings. The van der Waals surface area contributed by atoms with Crippen LogP contribution in [-0.4, -0.2) is 55.9 Å². The number of hydrogen-bond acceptors (Lipinski definition) is 5. The van der Waals surface area contributed by atoms with Gasteiger partial charge in [0.1, 0.15) is 5.75 Å². The normalized spacial score (nSPS) is 23.4. The Morgan fingerprint density at radius 2 is 1.80 bits per heavy atom. The van der Waals surface area contributed by atoms with Gasteiger partial charge in [-0.25, -0.2) is 12.8 Å². The SMILES string of the molecule is O=C(NC1CS(=O)(=O)CC1N1CCCC1)c1ccc(Oc2ccc(Br)cc2)c(F)c1. The van der Waals surface area contributed by atoms with E-state index in [0.717, 1.165) is 36.5 Å². The zero-order chi connectivity index (χ0) is 21.3. The lowest BCUT2D eigenvalue weighted by atomic mass is 10.1. The van der Waals surface area contributed by atoms with Crippen molar-refractivity contribution in [1.82, 2.24) is 10.2 Å². The number of hydrogen-bond donors (Lipinski definition) is 1. The van der Waals surface area contributed by atoms with E-state index in [4.69, 9.17) is 4.74 Å². The minimum Gasteiger partial charge on any atom is -0.454 e. The molecule has 0 aromatic heterocycles. The third kappa shape index (κ3) is 4.84. The van der Waals surface area contributed by atoms with Crippen molar-refractivity contribution in [3.8, 4) is 11.5 Å². The molecule has 2 unspecified atom stereocenters. The van der Waals surface area contributed by atoms with E-state index in [2.05, 4.69) is 26.1 Å². The number of rotatable bonds is 5. The Morgan fingerprint density at radius 1 is 1.10 bits per heavy atom. The van der Waals surface area contributed by atoms with Gasteiger partial charge in [0.2, 0.25) is 0 Å². The Kier molecular flexibility index (Phi) is 6.13. The second-order valence-electron chi connectivity index (χ2n) is 7.67. The number of carbonyl (C=O) groups excluding carboxylic acids is 1. The highest BCUT2D eigenvalue weighted by molar-refractivity contribution is 9.10. The van der Waals surface area contributed by atoms with Gasteiger partial charge in [-0.2, -0.15) is 0 Å². The average Bonchev–Trinajstić information content (AvgIpc) is 3.32. The average molecular weight is 497 g/mol. The molecular weight excluding hydrogens is 475 g/mol. The van der Waals surface area contributed by atoms with Crippen molar-refractivity contribution in [3.05, 3.63) is 58.3 Å². The quantitative estimate of drug-likeness (QED) is 0.686. The van der Waals surface area contributed by atoms with Crippen LogP contribution in [0.3, 0.4) is 0 Å². The summed E-state index contributed by atoms with van der Waals surface area (Å²) in [5.41, 5.74) is 0.125. The number of benzene rings is 2. The molecule has 9 heteroatoms. The maximum atomic E-state index is 14.5. The highest BCUT2D eigenvalue weighted by Gasteiger charge is 2.42. The number of sulfone groups is 1. The van der Waals surface area contributed by atoms with Crippen LogP contribution in [0.5, 0.6) is 11.5 Å². The molecule has 0 bridgehead atoms. The van der Waals surface area contributed by atoms with E-state index in [9.17, 15) is 17.6 Å². The Morgan fingerprint density at radius 3 is 2.47 bits per heavy atom. The summed E-state index contributed by atoms with van der Waals surface area (Å²) in [7, 11) is -3.22. The minimum atomic E-state index is -3.22. The lowest BCUT2D eigenvalue weighted by molar-refractivity contribution is 0.0918.